The maximum absolute atomic E-state index is 11.5. The smallest absolute Gasteiger partial charge is 0.308 e. The Kier molecular flexibility index (Phi) is 10.8. The molecular formula is C18H36O3. The maximum atomic E-state index is 11.5. The van der Waals surface area contributed by atoms with Gasteiger partial charge in [0.2, 0.25) is 0 Å². The van der Waals surface area contributed by atoms with Crippen molar-refractivity contribution in [2.24, 2.45) is 5.92 Å². The third kappa shape index (κ3) is 15.6. The summed E-state index contributed by atoms with van der Waals surface area (Å²) in [5.41, 5.74) is -0.465. The Balaban J connectivity index is 3.45. The Morgan fingerprint density at radius 1 is 0.952 bits per heavy atom. The molecule has 1 N–H and O–H groups in total. The van der Waals surface area contributed by atoms with Crippen molar-refractivity contribution in [3.05, 3.63) is 0 Å². The van der Waals surface area contributed by atoms with Crippen LogP contribution in [0.3, 0.4) is 0 Å². The first-order valence-corrected chi connectivity index (χ1v) is 8.60. The van der Waals surface area contributed by atoms with E-state index < -0.39 is 11.7 Å². The first-order valence-electron chi connectivity index (χ1n) is 8.60. The van der Waals surface area contributed by atoms with Crippen LogP contribution < -0.4 is 0 Å². The molecule has 0 fully saturated rings. The van der Waals surface area contributed by atoms with Crippen LogP contribution in [0.15, 0.2) is 0 Å². The molecule has 0 saturated carbocycles. The van der Waals surface area contributed by atoms with E-state index in [0.717, 1.165) is 18.8 Å². The van der Waals surface area contributed by atoms with Crippen LogP contribution in [-0.2, 0) is 9.53 Å². The lowest BCUT2D eigenvalue weighted by atomic mass is 10.0. The zero-order chi connectivity index (χ0) is 16.3. The summed E-state index contributed by atoms with van der Waals surface area (Å²) in [5, 5.41) is 9.82. The number of ether oxygens (including phenoxy) is 1. The van der Waals surface area contributed by atoms with E-state index in [9.17, 15) is 9.90 Å². The van der Waals surface area contributed by atoms with Crippen molar-refractivity contribution in [2.75, 3.05) is 0 Å². The van der Waals surface area contributed by atoms with Crippen molar-refractivity contribution in [3.63, 3.8) is 0 Å². The van der Waals surface area contributed by atoms with Crippen LogP contribution in [0.25, 0.3) is 0 Å². The highest BCUT2D eigenvalue weighted by atomic mass is 16.6. The zero-order valence-electron chi connectivity index (χ0n) is 14.8. The first kappa shape index (κ1) is 20.4. The molecule has 0 amide bonds. The Morgan fingerprint density at radius 3 is 1.90 bits per heavy atom. The zero-order valence-corrected chi connectivity index (χ0v) is 14.8. The maximum Gasteiger partial charge on any atom is 0.308 e. The minimum absolute atomic E-state index is 0.117. The van der Waals surface area contributed by atoms with Crippen molar-refractivity contribution in [2.45, 2.75) is 104 Å². The Morgan fingerprint density at radius 2 is 1.43 bits per heavy atom. The number of esters is 1. The van der Waals surface area contributed by atoms with E-state index in [4.69, 9.17) is 4.74 Å². The summed E-state index contributed by atoms with van der Waals surface area (Å²) >= 11 is 0. The second kappa shape index (κ2) is 11.1. The van der Waals surface area contributed by atoms with Crippen molar-refractivity contribution < 1.29 is 14.6 Å². The molecule has 0 unspecified atom stereocenters. The summed E-state index contributed by atoms with van der Waals surface area (Å²) in [6.45, 7) is 10.1. The van der Waals surface area contributed by atoms with Gasteiger partial charge in [-0.2, -0.15) is 0 Å². The number of hydrogen-bond donors (Lipinski definition) is 1. The summed E-state index contributed by atoms with van der Waals surface area (Å²) in [5.74, 6) is 0.511. The minimum atomic E-state index is -0.555. The average Bonchev–Trinajstić information content (AvgIpc) is 2.29. The monoisotopic (exact) mass is 300 g/mol. The van der Waals surface area contributed by atoms with Crippen LogP contribution in [0.4, 0.5) is 0 Å². The third-order valence-corrected chi connectivity index (χ3v) is 3.39. The molecule has 0 aliphatic heterocycles. The van der Waals surface area contributed by atoms with Gasteiger partial charge in [-0.25, -0.2) is 0 Å². The van der Waals surface area contributed by atoms with Gasteiger partial charge in [0.25, 0.3) is 0 Å². The van der Waals surface area contributed by atoms with Gasteiger partial charge in [-0.15, -0.1) is 0 Å². The number of aliphatic hydroxyl groups is 1. The molecule has 0 heterocycles. The van der Waals surface area contributed by atoms with E-state index in [1.54, 1.807) is 0 Å². The number of carbonyl (C=O) groups is 1. The molecule has 0 aromatic carbocycles. The van der Waals surface area contributed by atoms with Gasteiger partial charge in [-0.1, -0.05) is 58.8 Å². The third-order valence-electron chi connectivity index (χ3n) is 3.39. The molecule has 21 heavy (non-hydrogen) atoms. The van der Waals surface area contributed by atoms with Crippen LogP contribution in [0.2, 0.25) is 0 Å². The number of carbonyl (C=O) groups excluding carboxylic acids is 1. The number of rotatable bonds is 11. The van der Waals surface area contributed by atoms with Gasteiger partial charge < -0.3 is 9.84 Å². The normalized spacial score (nSPS) is 13.5. The summed E-state index contributed by atoms with van der Waals surface area (Å²) in [6.07, 6.45) is 8.90. The first-order chi connectivity index (χ1) is 9.70. The summed E-state index contributed by atoms with van der Waals surface area (Å²) < 4.78 is 5.20. The molecule has 3 heteroatoms. The molecule has 0 aliphatic rings. The molecule has 0 aliphatic carbocycles. The molecule has 1 atom stereocenters. The lowest BCUT2D eigenvalue weighted by Gasteiger charge is -2.20. The molecule has 0 aromatic rings. The van der Waals surface area contributed by atoms with Crippen LogP contribution in [0.5, 0.6) is 0 Å². The van der Waals surface area contributed by atoms with Gasteiger partial charge in [0, 0.05) is 0 Å². The molecule has 3 nitrogen and oxygen atoms in total. The number of unbranched alkanes of at least 4 members (excludes halogenated alkanes) is 5. The summed E-state index contributed by atoms with van der Waals surface area (Å²) in [7, 11) is 0. The fourth-order valence-corrected chi connectivity index (χ4v) is 2.32. The molecule has 0 rings (SSSR count). The lowest BCUT2D eigenvalue weighted by Crippen LogP contribution is -2.26. The minimum Gasteiger partial charge on any atom is -0.460 e. The fraction of sp³-hybridized carbons (Fsp3) is 0.944. The van der Waals surface area contributed by atoms with Gasteiger partial charge in [0.15, 0.2) is 0 Å². The van der Waals surface area contributed by atoms with E-state index >= 15 is 0 Å². The molecular weight excluding hydrogens is 264 g/mol. The van der Waals surface area contributed by atoms with Crippen molar-refractivity contribution >= 4 is 5.97 Å². The molecule has 0 spiro atoms. The summed E-state index contributed by atoms with van der Waals surface area (Å²) in [6, 6.07) is 0. The SMILES string of the molecule is CC(C)CCCCCCCC[C@@H](O)CC(=O)OC(C)(C)C. The largest absolute Gasteiger partial charge is 0.460 e. The van der Waals surface area contributed by atoms with Gasteiger partial charge >= 0.3 is 5.97 Å². The van der Waals surface area contributed by atoms with Crippen molar-refractivity contribution in [1.29, 1.82) is 0 Å². The molecule has 0 saturated heterocycles. The van der Waals surface area contributed by atoms with E-state index in [2.05, 4.69) is 13.8 Å². The predicted octanol–water partition coefficient (Wildman–Crippen LogP) is 4.86. The second-order valence-electron chi connectivity index (χ2n) is 7.54. The van der Waals surface area contributed by atoms with Gasteiger partial charge in [0.1, 0.15) is 5.60 Å². The quantitative estimate of drug-likeness (QED) is 0.438. The highest BCUT2D eigenvalue weighted by Gasteiger charge is 2.18. The highest BCUT2D eigenvalue weighted by molar-refractivity contribution is 5.70. The van der Waals surface area contributed by atoms with Gasteiger partial charge in [0.05, 0.1) is 12.5 Å². The molecule has 126 valence electrons. The molecule has 0 radical (unpaired) electrons. The van der Waals surface area contributed by atoms with Gasteiger partial charge in [-0.05, 0) is 33.1 Å². The number of aliphatic hydroxyl groups excluding tert-OH is 1. The van der Waals surface area contributed by atoms with Gasteiger partial charge in [-0.3, -0.25) is 4.79 Å². The van der Waals surface area contributed by atoms with Crippen molar-refractivity contribution in [1.82, 2.24) is 0 Å². The molecule has 0 aromatic heterocycles. The van der Waals surface area contributed by atoms with Crippen LogP contribution in [0.1, 0.15) is 92.4 Å². The predicted molar refractivity (Wildman–Crippen MR) is 88.2 cm³/mol. The van der Waals surface area contributed by atoms with E-state index in [1.165, 1.54) is 32.1 Å². The average molecular weight is 300 g/mol. The Bertz CT molecular complexity index is 266. The summed E-state index contributed by atoms with van der Waals surface area (Å²) in [4.78, 5) is 11.5. The second-order valence-corrected chi connectivity index (χ2v) is 7.54. The van der Waals surface area contributed by atoms with Crippen LogP contribution in [-0.4, -0.2) is 22.8 Å². The standard InChI is InChI=1S/C18H36O3/c1-15(2)12-10-8-6-7-9-11-13-16(19)14-17(20)21-18(3,4)5/h15-16,19H,6-14H2,1-5H3/t16-/m1/s1. The van der Waals surface area contributed by atoms with E-state index in [-0.39, 0.29) is 12.4 Å². The fourth-order valence-electron chi connectivity index (χ4n) is 2.32. The van der Waals surface area contributed by atoms with Crippen molar-refractivity contribution in [3.8, 4) is 0 Å². The number of hydrogen-bond acceptors (Lipinski definition) is 3. The molecule has 0 bridgehead atoms. The van der Waals surface area contributed by atoms with E-state index in [1.807, 2.05) is 20.8 Å². The van der Waals surface area contributed by atoms with Crippen LogP contribution in [0, 0.1) is 5.92 Å². The lowest BCUT2D eigenvalue weighted by molar-refractivity contribution is -0.157. The van der Waals surface area contributed by atoms with E-state index in [0.29, 0.717) is 6.42 Å². The Labute approximate surface area is 131 Å². The topological polar surface area (TPSA) is 46.5 Å². The Hall–Kier alpha value is -0.570. The van der Waals surface area contributed by atoms with Crippen LogP contribution >= 0.6 is 0 Å². The highest BCUT2D eigenvalue weighted by Crippen LogP contribution is 2.14.